The highest BCUT2D eigenvalue weighted by Gasteiger charge is 2.29. The third-order valence-corrected chi connectivity index (χ3v) is 5.64. The van der Waals surface area contributed by atoms with E-state index >= 15 is 0 Å². The van der Waals surface area contributed by atoms with Crippen LogP contribution in [0.25, 0.3) is 0 Å². The molecule has 0 aliphatic rings. The van der Waals surface area contributed by atoms with Crippen molar-refractivity contribution >= 4 is 15.9 Å². The van der Waals surface area contributed by atoms with Crippen molar-refractivity contribution in [2.45, 2.75) is 45.2 Å². The van der Waals surface area contributed by atoms with Crippen LogP contribution < -0.4 is 10.0 Å². The second kappa shape index (κ2) is 8.42. The first-order chi connectivity index (χ1) is 12.2. The SMILES string of the molecule is Cc1ccc(C)c(S(=O)(=O)N[C@H](C(=O)NCc2cccnc2)C(C)C)c1. The lowest BCUT2D eigenvalue weighted by Gasteiger charge is -2.22. The molecule has 140 valence electrons. The molecule has 0 saturated heterocycles. The maximum Gasteiger partial charge on any atom is 0.241 e. The monoisotopic (exact) mass is 375 g/mol. The van der Waals surface area contributed by atoms with E-state index in [2.05, 4.69) is 15.0 Å². The molecule has 0 aliphatic heterocycles. The number of nitrogens with zero attached hydrogens (tertiary/aromatic N) is 1. The lowest BCUT2D eigenvalue weighted by atomic mass is 10.0. The van der Waals surface area contributed by atoms with Crippen LogP contribution in [-0.2, 0) is 21.4 Å². The number of hydrogen-bond donors (Lipinski definition) is 2. The molecule has 1 aromatic heterocycles. The molecule has 0 spiro atoms. The van der Waals surface area contributed by atoms with Gasteiger partial charge in [0, 0.05) is 18.9 Å². The molecule has 0 saturated carbocycles. The smallest absolute Gasteiger partial charge is 0.241 e. The zero-order valence-corrected chi connectivity index (χ0v) is 16.3. The molecule has 0 fully saturated rings. The van der Waals surface area contributed by atoms with Crippen LogP contribution in [0.1, 0.15) is 30.5 Å². The summed E-state index contributed by atoms with van der Waals surface area (Å²) >= 11 is 0. The summed E-state index contributed by atoms with van der Waals surface area (Å²) in [6.45, 7) is 7.47. The Morgan fingerprint density at radius 1 is 1.19 bits per heavy atom. The number of rotatable bonds is 7. The summed E-state index contributed by atoms with van der Waals surface area (Å²) in [5, 5.41) is 2.77. The van der Waals surface area contributed by atoms with E-state index in [4.69, 9.17) is 0 Å². The lowest BCUT2D eigenvalue weighted by Crippen LogP contribution is -2.49. The molecule has 7 heteroatoms. The Hall–Kier alpha value is -2.25. The third-order valence-electron chi connectivity index (χ3n) is 4.05. The van der Waals surface area contributed by atoms with Gasteiger partial charge in [0.05, 0.1) is 4.90 Å². The zero-order valence-electron chi connectivity index (χ0n) is 15.5. The largest absolute Gasteiger partial charge is 0.351 e. The van der Waals surface area contributed by atoms with Gasteiger partial charge in [-0.15, -0.1) is 0 Å². The minimum Gasteiger partial charge on any atom is -0.351 e. The summed E-state index contributed by atoms with van der Waals surface area (Å²) < 4.78 is 28.2. The fourth-order valence-electron chi connectivity index (χ4n) is 2.52. The first-order valence-corrected chi connectivity index (χ1v) is 9.95. The molecule has 2 N–H and O–H groups in total. The van der Waals surface area contributed by atoms with Crippen molar-refractivity contribution in [3.63, 3.8) is 0 Å². The van der Waals surface area contributed by atoms with Gasteiger partial charge >= 0.3 is 0 Å². The van der Waals surface area contributed by atoms with Gasteiger partial charge in [-0.1, -0.05) is 32.0 Å². The molecule has 1 heterocycles. The second-order valence-corrected chi connectivity index (χ2v) is 8.37. The molecule has 6 nitrogen and oxygen atoms in total. The highest BCUT2D eigenvalue weighted by atomic mass is 32.2. The standard InChI is InChI=1S/C19H25N3O3S/c1-13(2)18(19(23)21-12-16-6-5-9-20-11-16)22-26(24,25)17-10-14(3)7-8-15(17)4/h5-11,13,18,22H,12H2,1-4H3,(H,21,23)/t18-/m0/s1. The van der Waals surface area contributed by atoms with Crippen molar-refractivity contribution in [1.29, 1.82) is 0 Å². The van der Waals surface area contributed by atoms with E-state index in [0.29, 0.717) is 12.1 Å². The van der Waals surface area contributed by atoms with Crippen molar-refractivity contribution in [2.75, 3.05) is 0 Å². The van der Waals surface area contributed by atoms with E-state index in [-0.39, 0.29) is 16.7 Å². The van der Waals surface area contributed by atoms with E-state index in [9.17, 15) is 13.2 Å². The molecule has 1 amide bonds. The number of nitrogens with one attached hydrogen (secondary N) is 2. The van der Waals surface area contributed by atoms with Crippen LogP contribution in [0.15, 0.2) is 47.6 Å². The fraction of sp³-hybridized carbons (Fsp3) is 0.368. The number of sulfonamides is 1. The van der Waals surface area contributed by atoms with Gasteiger partial charge in [0.1, 0.15) is 6.04 Å². The Labute approximate surface area is 155 Å². The van der Waals surface area contributed by atoms with Crippen LogP contribution in [0, 0.1) is 19.8 Å². The Kier molecular flexibility index (Phi) is 6.50. The highest BCUT2D eigenvalue weighted by molar-refractivity contribution is 7.89. The van der Waals surface area contributed by atoms with Crippen molar-refractivity contribution < 1.29 is 13.2 Å². The third kappa shape index (κ3) is 5.12. The maximum atomic E-state index is 12.8. The van der Waals surface area contributed by atoms with Crippen LogP contribution in [0.4, 0.5) is 0 Å². The van der Waals surface area contributed by atoms with E-state index in [1.165, 1.54) is 0 Å². The molecule has 2 rings (SSSR count). The zero-order chi connectivity index (χ0) is 19.3. The lowest BCUT2D eigenvalue weighted by molar-refractivity contribution is -0.123. The molecule has 0 aliphatic carbocycles. The van der Waals surface area contributed by atoms with Gasteiger partial charge in [0.2, 0.25) is 15.9 Å². The van der Waals surface area contributed by atoms with E-state index in [1.807, 2.05) is 19.1 Å². The van der Waals surface area contributed by atoms with Crippen LogP contribution >= 0.6 is 0 Å². The number of carbonyl (C=O) groups is 1. The number of pyridine rings is 1. The van der Waals surface area contributed by atoms with Gasteiger partial charge in [-0.25, -0.2) is 8.42 Å². The Morgan fingerprint density at radius 2 is 1.92 bits per heavy atom. The van der Waals surface area contributed by atoms with Gasteiger partial charge in [0.15, 0.2) is 0 Å². The van der Waals surface area contributed by atoms with Crippen LogP contribution in [0.5, 0.6) is 0 Å². The topological polar surface area (TPSA) is 88.2 Å². The predicted molar refractivity (Wildman–Crippen MR) is 101 cm³/mol. The highest BCUT2D eigenvalue weighted by Crippen LogP contribution is 2.18. The van der Waals surface area contributed by atoms with Crippen molar-refractivity contribution in [1.82, 2.24) is 15.0 Å². The van der Waals surface area contributed by atoms with Crippen molar-refractivity contribution in [2.24, 2.45) is 5.92 Å². The molecular formula is C19H25N3O3S. The normalized spacial score (nSPS) is 12.8. The van der Waals surface area contributed by atoms with Crippen LogP contribution in [-0.4, -0.2) is 25.4 Å². The fourth-order valence-corrected chi connectivity index (χ4v) is 4.20. The molecule has 2 aromatic rings. The molecule has 0 unspecified atom stereocenters. The number of carbonyl (C=O) groups excluding carboxylic acids is 1. The minimum absolute atomic E-state index is 0.197. The van der Waals surface area contributed by atoms with Gasteiger partial charge in [-0.2, -0.15) is 4.72 Å². The van der Waals surface area contributed by atoms with E-state index in [1.54, 1.807) is 51.4 Å². The van der Waals surface area contributed by atoms with E-state index in [0.717, 1.165) is 11.1 Å². The van der Waals surface area contributed by atoms with Crippen molar-refractivity contribution in [3.05, 3.63) is 59.4 Å². The second-order valence-electron chi connectivity index (χ2n) is 6.69. The first-order valence-electron chi connectivity index (χ1n) is 8.47. The summed E-state index contributed by atoms with van der Waals surface area (Å²) in [4.78, 5) is 16.8. The molecule has 1 aromatic carbocycles. The average Bonchev–Trinajstić information content (AvgIpc) is 2.60. The summed E-state index contributed by atoms with van der Waals surface area (Å²) in [6.07, 6.45) is 3.31. The summed E-state index contributed by atoms with van der Waals surface area (Å²) in [5.74, 6) is -0.568. The number of benzene rings is 1. The molecule has 0 bridgehead atoms. The number of hydrogen-bond acceptors (Lipinski definition) is 4. The molecule has 0 radical (unpaired) electrons. The number of aryl methyl sites for hydroxylation is 2. The summed E-state index contributed by atoms with van der Waals surface area (Å²) in [7, 11) is -3.81. The van der Waals surface area contributed by atoms with Gasteiger partial charge in [0.25, 0.3) is 0 Å². The average molecular weight is 375 g/mol. The van der Waals surface area contributed by atoms with Crippen molar-refractivity contribution in [3.8, 4) is 0 Å². The van der Waals surface area contributed by atoms with Crippen LogP contribution in [0.3, 0.4) is 0 Å². The number of amides is 1. The molecule has 26 heavy (non-hydrogen) atoms. The van der Waals surface area contributed by atoms with Gasteiger partial charge in [-0.05, 0) is 48.6 Å². The summed E-state index contributed by atoms with van der Waals surface area (Å²) in [6, 6.07) is 7.99. The minimum atomic E-state index is -3.81. The Bertz CT molecular complexity index is 865. The molecular weight excluding hydrogens is 350 g/mol. The Balaban J connectivity index is 2.16. The van der Waals surface area contributed by atoms with Crippen LogP contribution in [0.2, 0.25) is 0 Å². The molecule has 1 atom stereocenters. The first kappa shape index (κ1) is 20.1. The Morgan fingerprint density at radius 3 is 2.54 bits per heavy atom. The quantitative estimate of drug-likeness (QED) is 0.777. The maximum absolute atomic E-state index is 12.8. The van der Waals surface area contributed by atoms with Gasteiger partial charge in [-0.3, -0.25) is 9.78 Å². The number of aromatic nitrogens is 1. The van der Waals surface area contributed by atoms with E-state index < -0.39 is 16.1 Å². The summed E-state index contributed by atoms with van der Waals surface area (Å²) in [5.41, 5.74) is 2.33. The van der Waals surface area contributed by atoms with Gasteiger partial charge < -0.3 is 5.32 Å². The predicted octanol–water partition coefficient (Wildman–Crippen LogP) is 2.32.